The number of carbonyl (C=O) groups excluding carboxylic acids is 2. The van der Waals surface area contributed by atoms with Crippen LogP contribution in [0.25, 0.3) is 0 Å². The number of rotatable bonds is 4. The summed E-state index contributed by atoms with van der Waals surface area (Å²) < 4.78 is 15.9. The Kier molecular flexibility index (Phi) is 4.94. The van der Waals surface area contributed by atoms with E-state index in [2.05, 4.69) is 5.32 Å². The summed E-state index contributed by atoms with van der Waals surface area (Å²) in [5, 5.41) is 12.3. The molecule has 0 saturated heterocycles. The van der Waals surface area contributed by atoms with E-state index in [0.29, 0.717) is 5.69 Å². The van der Waals surface area contributed by atoms with Gasteiger partial charge in [0.05, 0.1) is 6.04 Å². The second kappa shape index (κ2) is 6.67. The van der Waals surface area contributed by atoms with E-state index in [0.717, 1.165) is 4.90 Å². The summed E-state index contributed by atoms with van der Waals surface area (Å²) in [5.41, 5.74) is 2.01. The maximum Gasteiger partial charge on any atom is 0.408 e. The number of hydrogen-bond donors (Lipinski definition) is 3. The molecule has 0 bridgehead atoms. The van der Waals surface area contributed by atoms with Crippen molar-refractivity contribution >= 4 is 23.7 Å². The van der Waals surface area contributed by atoms with Crippen molar-refractivity contribution in [1.29, 1.82) is 0 Å². The number of halogens is 1. The predicted octanol–water partition coefficient (Wildman–Crippen LogP) is 2.20. The number of hydrogen-bond acceptors (Lipinski definition) is 5. The van der Waals surface area contributed by atoms with Crippen molar-refractivity contribution in [3.8, 4) is 0 Å². The summed E-state index contributed by atoms with van der Waals surface area (Å²) in [6, 6.07) is 4.99. The van der Waals surface area contributed by atoms with Gasteiger partial charge < -0.3 is 16.2 Å². The minimum Gasteiger partial charge on any atom is -0.465 e. The standard InChI is InChI=1S/C18H20FN3O4/c1-17(2,3)22(16(25)26)14(12(20)9-23)8-18(19)11-6-4-5-7-13(11)21-15(18)10-24/h4-7,14,21H,8,20H2,1-3H3,(H,25,26)/t14-,18?/m0/s1. The monoisotopic (exact) mass is 361 g/mol. The maximum atomic E-state index is 15.9. The number of anilines is 1. The molecular formula is C18H20FN3O4. The number of benzene rings is 1. The van der Waals surface area contributed by atoms with Gasteiger partial charge in [-0.25, -0.2) is 18.8 Å². The number of carbonyl (C=O) groups is 1. The molecule has 1 aliphatic rings. The van der Waals surface area contributed by atoms with Crippen LogP contribution in [-0.2, 0) is 15.3 Å². The first-order valence-corrected chi connectivity index (χ1v) is 7.90. The number of nitrogens with two attached hydrogens (primary N) is 1. The van der Waals surface area contributed by atoms with Crippen LogP contribution >= 0.6 is 0 Å². The Balaban J connectivity index is 2.60. The molecule has 0 radical (unpaired) electrons. The molecule has 1 aliphatic heterocycles. The molecule has 0 aliphatic carbocycles. The van der Waals surface area contributed by atoms with E-state index in [1.807, 2.05) is 0 Å². The van der Waals surface area contributed by atoms with Gasteiger partial charge in [0, 0.05) is 23.2 Å². The molecule has 1 aromatic carbocycles. The van der Waals surface area contributed by atoms with Crippen LogP contribution in [0.2, 0.25) is 0 Å². The third-order valence-electron chi connectivity index (χ3n) is 4.30. The van der Waals surface area contributed by atoms with E-state index in [1.165, 1.54) is 17.9 Å². The van der Waals surface area contributed by atoms with E-state index in [4.69, 9.17) is 5.73 Å². The summed E-state index contributed by atoms with van der Waals surface area (Å²) in [4.78, 5) is 35.1. The summed E-state index contributed by atoms with van der Waals surface area (Å²) in [7, 11) is 0. The zero-order valence-electron chi connectivity index (χ0n) is 14.7. The van der Waals surface area contributed by atoms with Gasteiger partial charge in [0.1, 0.15) is 23.3 Å². The second-order valence-electron chi connectivity index (χ2n) is 7.05. The van der Waals surface area contributed by atoms with Crippen LogP contribution in [0, 0.1) is 0 Å². The van der Waals surface area contributed by atoms with Crippen molar-refractivity contribution in [2.45, 2.75) is 44.4 Å². The summed E-state index contributed by atoms with van der Waals surface area (Å²) in [5.74, 6) is 3.00. The van der Waals surface area contributed by atoms with E-state index < -0.39 is 35.5 Å². The van der Waals surface area contributed by atoms with E-state index in [9.17, 15) is 19.5 Å². The van der Waals surface area contributed by atoms with Crippen LogP contribution in [0.5, 0.6) is 0 Å². The van der Waals surface area contributed by atoms with Gasteiger partial charge in [-0.3, -0.25) is 4.90 Å². The van der Waals surface area contributed by atoms with Gasteiger partial charge in [-0.15, -0.1) is 0 Å². The van der Waals surface area contributed by atoms with Crippen molar-refractivity contribution in [2.75, 3.05) is 5.32 Å². The minimum absolute atomic E-state index is 0.154. The molecule has 7 nitrogen and oxygen atoms in total. The molecule has 2 rings (SSSR count). The second-order valence-corrected chi connectivity index (χ2v) is 7.05. The molecule has 0 aromatic heterocycles. The molecule has 0 spiro atoms. The van der Waals surface area contributed by atoms with Gasteiger partial charge >= 0.3 is 6.09 Å². The Bertz CT molecular complexity index is 835. The highest BCUT2D eigenvalue weighted by Crippen LogP contribution is 2.48. The predicted molar refractivity (Wildman–Crippen MR) is 93.5 cm³/mol. The molecule has 0 saturated carbocycles. The summed E-state index contributed by atoms with van der Waals surface area (Å²) in [6.45, 7) is 4.78. The molecule has 4 N–H and O–H groups in total. The highest BCUT2D eigenvalue weighted by molar-refractivity contribution is 5.76. The van der Waals surface area contributed by atoms with Gasteiger partial charge in [0.15, 0.2) is 5.67 Å². The largest absolute Gasteiger partial charge is 0.465 e. The molecule has 2 atom stereocenters. The normalized spacial score (nSPS) is 19.6. The van der Waals surface area contributed by atoms with Gasteiger partial charge in [-0.2, -0.15) is 0 Å². The number of allylic oxidation sites excluding steroid dienone is 1. The van der Waals surface area contributed by atoms with Crippen LogP contribution in [0.1, 0.15) is 32.8 Å². The van der Waals surface area contributed by atoms with Crippen LogP contribution in [0.4, 0.5) is 14.9 Å². The maximum absolute atomic E-state index is 15.9. The minimum atomic E-state index is -2.37. The molecule has 26 heavy (non-hydrogen) atoms. The molecule has 1 heterocycles. The average molecular weight is 361 g/mol. The van der Waals surface area contributed by atoms with Gasteiger partial charge in [0.2, 0.25) is 0 Å². The quantitative estimate of drug-likeness (QED) is 0.709. The first-order valence-electron chi connectivity index (χ1n) is 7.90. The van der Waals surface area contributed by atoms with Crippen molar-refractivity contribution in [3.05, 3.63) is 41.2 Å². The zero-order chi connectivity index (χ0) is 19.7. The number of carboxylic acid groups (broad SMARTS) is 1. The number of nitrogens with zero attached hydrogens (tertiary/aromatic N) is 1. The highest BCUT2D eigenvalue weighted by Gasteiger charge is 2.50. The van der Waals surface area contributed by atoms with Crippen molar-refractivity contribution in [2.24, 2.45) is 5.73 Å². The summed E-state index contributed by atoms with van der Waals surface area (Å²) in [6.07, 6.45) is -1.94. The lowest BCUT2D eigenvalue weighted by atomic mass is 9.86. The summed E-state index contributed by atoms with van der Waals surface area (Å²) >= 11 is 0. The topological polar surface area (TPSA) is 113 Å². The Hall–Kier alpha value is -3.08. The van der Waals surface area contributed by atoms with Crippen molar-refractivity contribution < 1.29 is 23.9 Å². The lowest BCUT2D eigenvalue weighted by Crippen LogP contribution is -2.54. The third-order valence-corrected chi connectivity index (χ3v) is 4.30. The Morgan fingerprint density at radius 1 is 1.38 bits per heavy atom. The van der Waals surface area contributed by atoms with Gasteiger partial charge in [-0.05, 0) is 26.8 Å². The first-order chi connectivity index (χ1) is 12.1. The number of amides is 1. The third kappa shape index (κ3) is 3.20. The molecule has 138 valence electrons. The average Bonchev–Trinajstić information content (AvgIpc) is 2.84. The fourth-order valence-electron chi connectivity index (χ4n) is 3.19. The highest BCUT2D eigenvalue weighted by atomic mass is 19.1. The van der Waals surface area contributed by atoms with Crippen molar-refractivity contribution in [1.82, 2.24) is 4.90 Å². The van der Waals surface area contributed by atoms with Gasteiger partial charge in [0.25, 0.3) is 0 Å². The van der Waals surface area contributed by atoms with E-state index in [1.54, 1.807) is 39.0 Å². The number of para-hydroxylation sites is 1. The van der Waals surface area contributed by atoms with Crippen molar-refractivity contribution in [3.63, 3.8) is 0 Å². The number of fused-ring (bicyclic) bond motifs is 1. The molecular weight excluding hydrogens is 341 g/mol. The van der Waals surface area contributed by atoms with Crippen LogP contribution in [0.3, 0.4) is 0 Å². The SMILES string of the molecule is CC(C)(C)N(C(=O)O)[C@@H](CC1(F)C(=C=O)Nc2ccccc21)C(N)=C=O. The lowest BCUT2D eigenvalue weighted by molar-refractivity contribution is 0.0581. The zero-order valence-corrected chi connectivity index (χ0v) is 14.7. The Morgan fingerprint density at radius 3 is 2.50 bits per heavy atom. The molecule has 1 amide bonds. The van der Waals surface area contributed by atoms with E-state index >= 15 is 4.39 Å². The first kappa shape index (κ1) is 19.2. The number of alkyl halides is 1. The fraction of sp³-hybridized carbons (Fsp3) is 0.389. The molecule has 1 unspecified atom stereocenters. The van der Waals surface area contributed by atoms with Gasteiger partial charge in [-0.1, -0.05) is 18.2 Å². The smallest absolute Gasteiger partial charge is 0.408 e. The van der Waals surface area contributed by atoms with Crippen LogP contribution in [-0.4, -0.2) is 39.6 Å². The lowest BCUT2D eigenvalue weighted by Gasteiger charge is -2.40. The molecule has 1 aromatic rings. The van der Waals surface area contributed by atoms with Crippen LogP contribution < -0.4 is 11.1 Å². The Morgan fingerprint density at radius 2 is 2.00 bits per heavy atom. The number of nitrogens with one attached hydrogen (secondary N) is 1. The van der Waals surface area contributed by atoms with E-state index in [-0.39, 0.29) is 11.3 Å². The molecule has 8 heteroatoms. The fourth-order valence-corrected chi connectivity index (χ4v) is 3.19. The molecule has 0 fully saturated rings. The van der Waals surface area contributed by atoms with Crippen LogP contribution in [0.15, 0.2) is 35.7 Å². The Labute approximate surface area is 150 Å².